The molecule has 3 nitrogen and oxygen atoms in total. The van der Waals surface area contributed by atoms with Gasteiger partial charge in [-0.15, -0.1) is 0 Å². The first-order valence-electron chi connectivity index (χ1n) is 6.14. The van der Waals surface area contributed by atoms with Gasteiger partial charge in [0.05, 0.1) is 11.4 Å². The van der Waals surface area contributed by atoms with E-state index < -0.39 is 0 Å². The molecule has 0 amide bonds. The number of nitrogens with two attached hydrogens (primary N) is 2. The Kier molecular flexibility index (Phi) is 2.20. The van der Waals surface area contributed by atoms with E-state index >= 15 is 0 Å². The SMILES string of the molecule is Nc1ccc(N2CC3CCCC3C2)cc1N. The number of fused-ring (bicyclic) bond motifs is 1. The average Bonchev–Trinajstić information content (AvgIpc) is 2.81. The normalized spacial score (nSPS) is 28.4. The molecule has 3 heteroatoms. The highest BCUT2D eigenvalue weighted by Crippen LogP contribution is 2.40. The van der Waals surface area contributed by atoms with Crippen LogP contribution in [-0.4, -0.2) is 13.1 Å². The lowest BCUT2D eigenvalue weighted by Gasteiger charge is -2.20. The highest BCUT2D eigenvalue weighted by atomic mass is 15.2. The molecule has 0 spiro atoms. The number of nitrogens with zero attached hydrogens (tertiary/aromatic N) is 1. The summed E-state index contributed by atoms with van der Waals surface area (Å²) in [6.07, 6.45) is 4.24. The Morgan fingerprint density at radius 1 is 1.00 bits per heavy atom. The van der Waals surface area contributed by atoms with Crippen LogP contribution in [-0.2, 0) is 0 Å². The first-order valence-corrected chi connectivity index (χ1v) is 6.14. The Morgan fingerprint density at radius 2 is 1.69 bits per heavy atom. The average molecular weight is 217 g/mol. The van der Waals surface area contributed by atoms with Crippen LogP contribution in [0.25, 0.3) is 0 Å². The van der Waals surface area contributed by atoms with Crippen LogP contribution < -0.4 is 16.4 Å². The number of benzene rings is 1. The summed E-state index contributed by atoms with van der Waals surface area (Å²) in [5.41, 5.74) is 14.2. The molecule has 1 aromatic rings. The Hall–Kier alpha value is -1.38. The molecule has 0 radical (unpaired) electrons. The lowest BCUT2D eigenvalue weighted by Crippen LogP contribution is -2.20. The fourth-order valence-corrected chi connectivity index (χ4v) is 3.20. The van der Waals surface area contributed by atoms with Crippen molar-refractivity contribution in [2.45, 2.75) is 19.3 Å². The van der Waals surface area contributed by atoms with Crippen LogP contribution in [0.5, 0.6) is 0 Å². The van der Waals surface area contributed by atoms with E-state index in [0.717, 1.165) is 11.8 Å². The molecule has 3 rings (SSSR count). The summed E-state index contributed by atoms with van der Waals surface area (Å²) in [5, 5.41) is 0. The molecule has 1 aliphatic heterocycles. The van der Waals surface area contributed by atoms with Crippen molar-refractivity contribution < 1.29 is 0 Å². The van der Waals surface area contributed by atoms with Gasteiger partial charge in [0.25, 0.3) is 0 Å². The molecular formula is C13H19N3. The van der Waals surface area contributed by atoms with Crippen molar-refractivity contribution in [3.8, 4) is 0 Å². The standard InChI is InChI=1S/C13H19N3/c14-12-5-4-11(6-13(12)15)16-7-9-2-1-3-10(9)8-16/h4-6,9-10H,1-3,7-8,14-15H2. The predicted octanol–water partition coefficient (Wildman–Crippen LogP) is 2.09. The van der Waals surface area contributed by atoms with Crippen LogP contribution in [0.2, 0.25) is 0 Å². The van der Waals surface area contributed by atoms with Crippen molar-refractivity contribution in [2.75, 3.05) is 29.5 Å². The Labute approximate surface area is 96.4 Å². The van der Waals surface area contributed by atoms with E-state index in [1.54, 1.807) is 0 Å². The minimum Gasteiger partial charge on any atom is -0.397 e. The Bertz CT molecular complexity index is 390. The molecule has 1 saturated heterocycles. The van der Waals surface area contributed by atoms with Gasteiger partial charge in [0.1, 0.15) is 0 Å². The lowest BCUT2D eigenvalue weighted by atomic mass is 10.0. The summed E-state index contributed by atoms with van der Waals surface area (Å²) in [6, 6.07) is 6.02. The number of nitrogen functional groups attached to an aromatic ring is 2. The number of hydrogen-bond acceptors (Lipinski definition) is 3. The molecule has 1 aromatic carbocycles. The quantitative estimate of drug-likeness (QED) is 0.708. The number of rotatable bonds is 1. The molecule has 1 saturated carbocycles. The molecular weight excluding hydrogens is 198 g/mol. The summed E-state index contributed by atoms with van der Waals surface area (Å²) in [6.45, 7) is 2.40. The van der Waals surface area contributed by atoms with Gasteiger partial charge in [-0.2, -0.15) is 0 Å². The van der Waals surface area contributed by atoms with Gasteiger partial charge in [-0.05, 0) is 42.9 Å². The molecule has 2 unspecified atom stereocenters. The fraction of sp³-hybridized carbons (Fsp3) is 0.538. The van der Waals surface area contributed by atoms with Crippen molar-refractivity contribution in [3.63, 3.8) is 0 Å². The van der Waals surface area contributed by atoms with E-state index in [1.165, 1.54) is 38.0 Å². The van der Waals surface area contributed by atoms with E-state index in [4.69, 9.17) is 11.5 Å². The first-order chi connectivity index (χ1) is 7.74. The molecule has 1 heterocycles. The van der Waals surface area contributed by atoms with Crippen LogP contribution in [0.1, 0.15) is 19.3 Å². The smallest absolute Gasteiger partial charge is 0.0568 e. The van der Waals surface area contributed by atoms with Crippen molar-refractivity contribution >= 4 is 17.1 Å². The molecule has 4 N–H and O–H groups in total. The van der Waals surface area contributed by atoms with Crippen LogP contribution in [0.3, 0.4) is 0 Å². The van der Waals surface area contributed by atoms with Gasteiger partial charge in [0.15, 0.2) is 0 Å². The van der Waals surface area contributed by atoms with Crippen molar-refractivity contribution in [1.29, 1.82) is 0 Å². The third kappa shape index (κ3) is 1.51. The van der Waals surface area contributed by atoms with Crippen molar-refractivity contribution in [1.82, 2.24) is 0 Å². The topological polar surface area (TPSA) is 55.3 Å². The molecule has 0 aromatic heterocycles. The van der Waals surface area contributed by atoms with Gasteiger partial charge in [-0.3, -0.25) is 0 Å². The second kappa shape index (κ2) is 3.58. The van der Waals surface area contributed by atoms with Gasteiger partial charge >= 0.3 is 0 Å². The van der Waals surface area contributed by atoms with Gasteiger partial charge in [0, 0.05) is 18.8 Å². The van der Waals surface area contributed by atoms with Crippen LogP contribution in [0.15, 0.2) is 18.2 Å². The highest BCUT2D eigenvalue weighted by molar-refractivity contribution is 5.70. The zero-order valence-corrected chi connectivity index (χ0v) is 9.52. The minimum absolute atomic E-state index is 0.683. The summed E-state index contributed by atoms with van der Waals surface area (Å²) in [7, 11) is 0. The molecule has 1 aliphatic carbocycles. The number of anilines is 3. The predicted molar refractivity (Wildman–Crippen MR) is 68.3 cm³/mol. The summed E-state index contributed by atoms with van der Waals surface area (Å²) in [4.78, 5) is 2.46. The first kappa shape index (κ1) is 9.82. The summed E-state index contributed by atoms with van der Waals surface area (Å²) < 4.78 is 0. The molecule has 0 bridgehead atoms. The van der Waals surface area contributed by atoms with E-state index in [0.29, 0.717) is 11.4 Å². The van der Waals surface area contributed by atoms with Gasteiger partial charge < -0.3 is 16.4 Å². The summed E-state index contributed by atoms with van der Waals surface area (Å²) in [5.74, 6) is 1.83. The number of hydrogen-bond donors (Lipinski definition) is 2. The zero-order chi connectivity index (χ0) is 11.1. The monoisotopic (exact) mass is 217 g/mol. The zero-order valence-electron chi connectivity index (χ0n) is 9.52. The third-order valence-electron chi connectivity index (χ3n) is 4.16. The van der Waals surface area contributed by atoms with Crippen molar-refractivity contribution in [2.24, 2.45) is 11.8 Å². The van der Waals surface area contributed by atoms with Crippen LogP contribution in [0.4, 0.5) is 17.1 Å². The van der Waals surface area contributed by atoms with E-state index in [2.05, 4.69) is 11.0 Å². The fourth-order valence-electron chi connectivity index (χ4n) is 3.20. The Morgan fingerprint density at radius 3 is 2.31 bits per heavy atom. The maximum absolute atomic E-state index is 5.85. The van der Waals surface area contributed by atoms with Crippen LogP contribution >= 0.6 is 0 Å². The second-order valence-electron chi connectivity index (χ2n) is 5.17. The molecule has 2 fully saturated rings. The third-order valence-corrected chi connectivity index (χ3v) is 4.16. The molecule has 16 heavy (non-hydrogen) atoms. The van der Waals surface area contributed by atoms with Crippen molar-refractivity contribution in [3.05, 3.63) is 18.2 Å². The second-order valence-corrected chi connectivity index (χ2v) is 5.17. The Balaban J connectivity index is 1.81. The minimum atomic E-state index is 0.683. The van der Waals surface area contributed by atoms with E-state index in [-0.39, 0.29) is 0 Å². The maximum Gasteiger partial charge on any atom is 0.0568 e. The van der Waals surface area contributed by atoms with E-state index in [1.807, 2.05) is 12.1 Å². The maximum atomic E-state index is 5.85. The highest BCUT2D eigenvalue weighted by Gasteiger charge is 2.36. The van der Waals surface area contributed by atoms with Gasteiger partial charge in [-0.25, -0.2) is 0 Å². The molecule has 2 aliphatic rings. The molecule has 2 atom stereocenters. The van der Waals surface area contributed by atoms with Gasteiger partial charge in [0.2, 0.25) is 0 Å². The van der Waals surface area contributed by atoms with E-state index in [9.17, 15) is 0 Å². The largest absolute Gasteiger partial charge is 0.397 e. The molecule has 86 valence electrons. The lowest BCUT2D eigenvalue weighted by molar-refractivity contribution is 0.494. The summed E-state index contributed by atoms with van der Waals surface area (Å²) >= 11 is 0. The van der Waals surface area contributed by atoms with Gasteiger partial charge in [-0.1, -0.05) is 6.42 Å². The van der Waals surface area contributed by atoms with Crippen LogP contribution in [0, 0.1) is 11.8 Å².